The van der Waals surface area contributed by atoms with Gasteiger partial charge in [-0.15, -0.1) is 0 Å². The van der Waals surface area contributed by atoms with Gasteiger partial charge in [-0.1, -0.05) is 6.92 Å². The first kappa shape index (κ1) is 18.9. The summed E-state index contributed by atoms with van der Waals surface area (Å²) in [4.78, 5) is 24.3. The summed E-state index contributed by atoms with van der Waals surface area (Å²) in [6.45, 7) is 3.06. The Bertz CT molecular complexity index is 787. The zero-order valence-electron chi connectivity index (χ0n) is 15.5. The van der Waals surface area contributed by atoms with Gasteiger partial charge in [0.2, 0.25) is 5.91 Å². The zero-order valence-corrected chi connectivity index (χ0v) is 15.5. The fraction of sp³-hybridized carbons (Fsp3) is 0.333. The average Bonchev–Trinajstić information content (AvgIpc) is 3.41. The summed E-state index contributed by atoms with van der Waals surface area (Å²) in [7, 11) is 1.62. The van der Waals surface area contributed by atoms with Crippen LogP contribution in [0.3, 0.4) is 0 Å². The number of benzene rings is 2. The summed E-state index contributed by atoms with van der Waals surface area (Å²) < 4.78 is 10.4. The highest BCUT2D eigenvalue weighted by Gasteiger charge is 2.39. The highest BCUT2D eigenvalue weighted by atomic mass is 16.5. The molecule has 2 unspecified atom stereocenters. The minimum absolute atomic E-state index is 0.0486. The number of ether oxygens (including phenoxy) is 2. The van der Waals surface area contributed by atoms with Gasteiger partial charge in [0.25, 0.3) is 5.91 Å². The summed E-state index contributed by atoms with van der Waals surface area (Å²) in [5.41, 5.74) is 1.90. The highest BCUT2D eigenvalue weighted by molar-refractivity contribution is 6.04. The minimum Gasteiger partial charge on any atom is -0.491 e. The number of hydrogen-bond acceptors (Lipinski definition) is 4. The largest absolute Gasteiger partial charge is 0.491 e. The second-order valence-electron chi connectivity index (χ2n) is 6.71. The van der Waals surface area contributed by atoms with Crippen LogP contribution in [0.2, 0.25) is 0 Å². The fourth-order valence-electron chi connectivity index (χ4n) is 2.71. The minimum atomic E-state index is -0.211. The molecule has 0 radical (unpaired) electrons. The number of hydrogen-bond donors (Lipinski definition) is 2. The normalized spacial score (nSPS) is 17.9. The van der Waals surface area contributed by atoms with Gasteiger partial charge in [-0.3, -0.25) is 9.59 Å². The van der Waals surface area contributed by atoms with Crippen molar-refractivity contribution in [3.63, 3.8) is 0 Å². The summed E-state index contributed by atoms with van der Waals surface area (Å²) in [6, 6.07) is 14.0. The second kappa shape index (κ2) is 8.68. The first-order valence-corrected chi connectivity index (χ1v) is 9.01. The van der Waals surface area contributed by atoms with Crippen molar-refractivity contribution >= 4 is 23.2 Å². The van der Waals surface area contributed by atoms with Crippen molar-refractivity contribution in [2.24, 2.45) is 11.8 Å². The molecule has 2 atom stereocenters. The Kier molecular flexibility index (Phi) is 6.08. The molecule has 0 aliphatic heterocycles. The Balaban J connectivity index is 1.52. The number of carbonyl (C=O) groups excluding carboxylic acids is 2. The highest BCUT2D eigenvalue weighted by Crippen LogP contribution is 2.38. The molecule has 1 aliphatic rings. The SMILES string of the molecule is COCCOc1ccc(NC(=O)c2ccc(NC(=O)C3CC3C)cc2)cc1. The maximum Gasteiger partial charge on any atom is 0.255 e. The van der Waals surface area contributed by atoms with Gasteiger partial charge in [-0.25, -0.2) is 0 Å². The molecular formula is C21H24N2O4. The number of amides is 2. The van der Waals surface area contributed by atoms with Crippen LogP contribution in [-0.4, -0.2) is 32.1 Å². The van der Waals surface area contributed by atoms with Gasteiger partial charge in [0.15, 0.2) is 0 Å². The van der Waals surface area contributed by atoms with Crippen molar-refractivity contribution in [1.82, 2.24) is 0 Å². The number of anilines is 2. The smallest absolute Gasteiger partial charge is 0.255 e. The van der Waals surface area contributed by atoms with E-state index in [4.69, 9.17) is 9.47 Å². The van der Waals surface area contributed by atoms with Gasteiger partial charge in [0.05, 0.1) is 6.61 Å². The van der Waals surface area contributed by atoms with Gasteiger partial charge in [0.1, 0.15) is 12.4 Å². The number of methoxy groups -OCH3 is 1. The molecule has 0 aromatic heterocycles. The molecular weight excluding hydrogens is 344 g/mol. The molecule has 2 N–H and O–H groups in total. The molecule has 1 aliphatic carbocycles. The Morgan fingerprint density at radius 3 is 2.15 bits per heavy atom. The summed E-state index contributed by atoms with van der Waals surface area (Å²) >= 11 is 0. The third kappa shape index (κ3) is 5.31. The molecule has 2 amide bonds. The topological polar surface area (TPSA) is 76.7 Å². The van der Waals surface area contributed by atoms with E-state index < -0.39 is 0 Å². The predicted molar refractivity (Wildman–Crippen MR) is 104 cm³/mol. The van der Waals surface area contributed by atoms with E-state index in [9.17, 15) is 9.59 Å². The summed E-state index contributed by atoms with van der Waals surface area (Å²) in [6.07, 6.45) is 0.947. The standard InChI is InChI=1S/C21H24N2O4/c1-14-13-19(14)21(25)23-16-5-3-15(4-6-16)20(24)22-17-7-9-18(10-8-17)27-12-11-26-2/h3-10,14,19H,11-13H2,1-2H3,(H,22,24)(H,23,25). The van der Waals surface area contributed by atoms with Gasteiger partial charge >= 0.3 is 0 Å². The van der Waals surface area contributed by atoms with Crippen molar-refractivity contribution < 1.29 is 19.1 Å². The molecule has 6 nitrogen and oxygen atoms in total. The molecule has 0 spiro atoms. The van der Waals surface area contributed by atoms with E-state index in [0.717, 1.165) is 12.2 Å². The van der Waals surface area contributed by atoms with Crippen molar-refractivity contribution in [1.29, 1.82) is 0 Å². The quantitative estimate of drug-likeness (QED) is 0.699. The number of carbonyl (C=O) groups is 2. The van der Waals surface area contributed by atoms with E-state index in [0.29, 0.717) is 36.1 Å². The van der Waals surface area contributed by atoms with E-state index in [1.165, 1.54) is 0 Å². The average molecular weight is 368 g/mol. The number of rotatable bonds is 8. The molecule has 3 rings (SSSR count). The van der Waals surface area contributed by atoms with E-state index in [1.807, 2.05) is 0 Å². The van der Waals surface area contributed by atoms with E-state index >= 15 is 0 Å². The maximum atomic E-state index is 12.4. The Morgan fingerprint density at radius 1 is 0.963 bits per heavy atom. The first-order valence-electron chi connectivity index (χ1n) is 9.01. The van der Waals surface area contributed by atoms with Crippen LogP contribution < -0.4 is 15.4 Å². The predicted octanol–water partition coefficient (Wildman–Crippen LogP) is 3.56. The molecule has 1 saturated carbocycles. The van der Waals surface area contributed by atoms with E-state index in [-0.39, 0.29) is 17.7 Å². The van der Waals surface area contributed by atoms with Crippen LogP contribution in [0.4, 0.5) is 11.4 Å². The molecule has 0 bridgehead atoms. The van der Waals surface area contributed by atoms with Crippen LogP contribution in [0.5, 0.6) is 5.75 Å². The van der Waals surface area contributed by atoms with Crippen molar-refractivity contribution in [3.05, 3.63) is 54.1 Å². The lowest BCUT2D eigenvalue weighted by Gasteiger charge is -2.09. The van der Waals surface area contributed by atoms with Crippen LogP contribution in [0.1, 0.15) is 23.7 Å². The molecule has 0 heterocycles. The molecule has 27 heavy (non-hydrogen) atoms. The van der Waals surface area contributed by atoms with Crippen LogP contribution >= 0.6 is 0 Å². The van der Waals surface area contributed by atoms with Gasteiger partial charge < -0.3 is 20.1 Å². The monoisotopic (exact) mass is 368 g/mol. The van der Waals surface area contributed by atoms with Crippen molar-refractivity contribution in [2.75, 3.05) is 31.0 Å². The molecule has 2 aromatic rings. The Labute approximate surface area is 158 Å². The third-order valence-corrected chi connectivity index (χ3v) is 4.53. The van der Waals surface area contributed by atoms with Crippen molar-refractivity contribution in [3.8, 4) is 5.75 Å². The van der Waals surface area contributed by atoms with Crippen LogP contribution in [0.15, 0.2) is 48.5 Å². The second-order valence-corrected chi connectivity index (χ2v) is 6.71. The lowest BCUT2D eigenvalue weighted by Crippen LogP contribution is -2.15. The van der Waals surface area contributed by atoms with Crippen LogP contribution in [0, 0.1) is 11.8 Å². The lowest BCUT2D eigenvalue weighted by atomic mass is 10.2. The Hall–Kier alpha value is -2.86. The number of nitrogens with one attached hydrogen (secondary N) is 2. The molecule has 2 aromatic carbocycles. The van der Waals surface area contributed by atoms with E-state index in [1.54, 1.807) is 55.6 Å². The Morgan fingerprint density at radius 2 is 1.56 bits per heavy atom. The molecule has 1 fully saturated rings. The fourth-order valence-corrected chi connectivity index (χ4v) is 2.71. The third-order valence-electron chi connectivity index (χ3n) is 4.53. The molecule has 0 saturated heterocycles. The van der Waals surface area contributed by atoms with Crippen LogP contribution in [0.25, 0.3) is 0 Å². The molecule has 142 valence electrons. The van der Waals surface area contributed by atoms with Gasteiger partial charge in [0, 0.05) is 30.0 Å². The van der Waals surface area contributed by atoms with Crippen molar-refractivity contribution in [2.45, 2.75) is 13.3 Å². The zero-order chi connectivity index (χ0) is 19.2. The molecule has 6 heteroatoms. The summed E-state index contributed by atoms with van der Waals surface area (Å²) in [5, 5.41) is 5.72. The maximum absolute atomic E-state index is 12.4. The first-order chi connectivity index (χ1) is 13.1. The van der Waals surface area contributed by atoms with Crippen LogP contribution in [-0.2, 0) is 9.53 Å². The summed E-state index contributed by atoms with van der Waals surface area (Å²) in [5.74, 6) is 1.14. The van der Waals surface area contributed by atoms with Gasteiger partial charge in [-0.2, -0.15) is 0 Å². The van der Waals surface area contributed by atoms with E-state index in [2.05, 4.69) is 17.6 Å². The van der Waals surface area contributed by atoms with Gasteiger partial charge in [-0.05, 0) is 60.9 Å². The lowest BCUT2D eigenvalue weighted by molar-refractivity contribution is -0.117.